The van der Waals surface area contributed by atoms with Crippen LogP contribution in [-0.2, 0) is 13.2 Å². The molecule has 2 N–H and O–H groups in total. The molecular weight excluding hydrogens is 281 g/mol. The molecule has 2 rings (SSSR count). The molecular formula is C15H15ClFNO2. The maximum atomic E-state index is 12.9. The van der Waals surface area contributed by atoms with Gasteiger partial charge in [-0.2, -0.15) is 0 Å². The Kier molecular flexibility index (Phi) is 4.82. The molecule has 2 aromatic rings. The number of ether oxygens (including phenoxy) is 2. The third-order valence-corrected chi connectivity index (χ3v) is 3.16. The van der Waals surface area contributed by atoms with Gasteiger partial charge in [-0.3, -0.25) is 0 Å². The first-order valence-corrected chi connectivity index (χ1v) is 6.45. The minimum Gasteiger partial charge on any atom is -0.496 e. The van der Waals surface area contributed by atoms with Gasteiger partial charge in [0.25, 0.3) is 0 Å². The highest BCUT2D eigenvalue weighted by Crippen LogP contribution is 2.26. The summed E-state index contributed by atoms with van der Waals surface area (Å²) in [5.74, 6) is 0.769. The second-order valence-electron chi connectivity index (χ2n) is 4.21. The first-order chi connectivity index (χ1) is 9.63. The zero-order chi connectivity index (χ0) is 14.5. The van der Waals surface area contributed by atoms with E-state index in [0.717, 1.165) is 16.9 Å². The fraction of sp³-hybridized carbons (Fsp3) is 0.200. The van der Waals surface area contributed by atoms with E-state index >= 15 is 0 Å². The summed E-state index contributed by atoms with van der Waals surface area (Å²) in [7, 11) is 1.59. The van der Waals surface area contributed by atoms with E-state index in [1.165, 1.54) is 18.2 Å². The highest BCUT2D eigenvalue weighted by Gasteiger charge is 2.06. The van der Waals surface area contributed by atoms with Crippen LogP contribution in [0.5, 0.6) is 11.5 Å². The van der Waals surface area contributed by atoms with Crippen molar-refractivity contribution in [1.29, 1.82) is 0 Å². The van der Waals surface area contributed by atoms with Crippen molar-refractivity contribution in [2.24, 2.45) is 5.73 Å². The van der Waals surface area contributed by atoms with Crippen molar-refractivity contribution in [2.45, 2.75) is 13.2 Å². The highest BCUT2D eigenvalue weighted by atomic mass is 35.5. The molecule has 0 amide bonds. The predicted octanol–water partition coefficient (Wildman–Crippen LogP) is 3.53. The number of hydrogen-bond donors (Lipinski definition) is 1. The summed E-state index contributed by atoms with van der Waals surface area (Å²) in [6.07, 6.45) is 0. The van der Waals surface area contributed by atoms with Gasteiger partial charge in [0.05, 0.1) is 12.1 Å². The Balaban J connectivity index is 2.10. The molecule has 0 spiro atoms. The molecule has 5 heteroatoms. The lowest BCUT2D eigenvalue weighted by molar-refractivity contribution is 0.305. The van der Waals surface area contributed by atoms with Gasteiger partial charge in [-0.05, 0) is 29.8 Å². The fourth-order valence-electron chi connectivity index (χ4n) is 1.80. The van der Waals surface area contributed by atoms with Gasteiger partial charge in [-0.25, -0.2) is 4.39 Å². The van der Waals surface area contributed by atoms with E-state index in [1.54, 1.807) is 7.11 Å². The van der Waals surface area contributed by atoms with E-state index in [4.69, 9.17) is 26.8 Å². The lowest BCUT2D eigenvalue weighted by Gasteiger charge is -2.11. The smallest absolute Gasteiger partial charge is 0.138 e. The highest BCUT2D eigenvalue weighted by molar-refractivity contribution is 6.32. The SMILES string of the molecule is COc1cc(COc2ccc(F)cc2Cl)ccc1CN. The van der Waals surface area contributed by atoms with Crippen LogP contribution in [0.25, 0.3) is 0 Å². The molecule has 0 aliphatic carbocycles. The van der Waals surface area contributed by atoms with Gasteiger partial charge in [0.1, 0.15) is 23.9 Å². The standard InChI is InChI=1S/C15H15ClFNO2/c1-19-15-6-10(2-3-11(15)8-18)9-20-14-5-4-12(17)7-13(14)16/h2-7H,8-9,18H2,1H3. The number of benzene rings is 2. The van der Waals surface area contributed by atoms with Crippen molar-refractivity contribution in [2.75, 3.05) is 7.11 Å². The summed E-state index contributed by atoms with van der Waals surface area (Å²) < 4.78 is 23.7. The molecule has 0 aliphatic heterocycles. The van der Waals surface area contributed by atoms with Gasteiger partial charge in [-0.15, -0.1) is 0 Å². The van der Waals surface area contributed by atoms with Crippen LogP contribution in [0.3, 0.4) is 0 Å². The summed E-state index contributed by atoms with van der Waals surface area (Å²) in [4.78, 5) is 0. The zero-order valence-electron chi connectivity index (χ0n) is 11.0. The Morgan fingerprint density at radius 3 is 2.60 bits per heavy atom. The average molecular weight is 296 g/mol. The predicted molar refractivity (Wildman–Crippen MR) is 76.6 cm³/mol. The molecule has 0 bridgehead atoms. The van der Waals surface area contributed by atoms with Gasteiger partial charge < -0.3 is 15.2 Å². The lowest BCUT2D eigenvalue weighted by Crippen LogP contribution is -2.02. The Labute approximate surface area is 122 Å². The third kappa shape index (κ3) is 3.40. The van der Waals surface area contributed by atoms with Crippen LogP contribution in [0.1, 0.15) is 11.1 Å². The molecule has 0 saturated carbocycles. The second kappa shape index (κ2) is 6.59. The maximum Gasteiger partial charge on any atom is 0.138 e. The van der Waals surface area contributed by atoms with Crippen molar-refractivity contribution in [3.05, 3.63) is 58.4 Å². The monoisotopic (exact) mass is 295 g/mol. The molecule has 0 atom stereocenters. The van der Waals surface area contributed by atoms with Crippen molar-refractivity contribution in [3.8, 4) is 11.5 Å². The van der Waals surface area contributed by atoms with Gasteiger partial charge >= 0.3 is 0 Å². The molecule has 0 aliphatic rings. The Morgan fingerprint density at radius 1 is 1.15 bits per heavy atom. The van der Waals surface area contributed by atoms with E-state index in [1.807, 2.05) is 18.2 Å². The van der Waals surface area contributed by atoms with E-state index in [9.17, 15) is 4.39 Å². The van der Waals surface area contributed by atoms with Crippen LogP contribution in [-0.4, -0.2) is 7.11 Å². The summed E-state index contributed by atoms with van der Waals surface area (Å²) >= 11 is 5.90. The van der Waals surface area contributed by atoms with Gasteiger partial charge in [-0.1, -0.05) is 23.7 Å². The van der Waals surface area contributed by atoms with Crippen LogP contribution < -0.4 is 15.2 Å². The molecule has 0 unspecified atom stereocenters. The molecule has 0 aromatic heterocycles. The second-order valence-corrected chi connectivity index (χ2v) is 4.62. The largest absolute Gasteiger partial charge is 0.496 e. The first kappa shape index (κ1) is 14.6. The van der Waals surface area contributed by atoms with Crippen LogP contribution in [0.4, 0.5) is 4.39 Å². The Hall–Kier alpha value is -1.78. The van der Waals surface area contributed by atoms with E-state index in [-0.39, 0.29) is 5.02 Å². The quantitative estimate of drug-likeness (QED) is 0.918. The number of methoxy groups -OCH3 is 1. The Bertz CT molecular complexity index is 604. The fourth-order valence-corrected chi connectivity index (χ4v) is 2.02. The third-order valence-electron chi connectivity index (χ3n) is 2.86. The summed E-state index contributed by atoms with van der Waals surface area (Å²) in [6, 6.07) is 9.68. The van der Waals surface area contributed by atoms with Crippen LogP contribution >= 0.6 is 11.6 Å². The molecule has 106 valence electrons. The lowest BCUT2D eigenvalue weighted by atomic mass is 10.1. The zero-order valence-corrected chi connectivity index (χ0v) is 11.8. The molecule has 2 aromatic carbocycles. The van der Waals surface area contributed by atoms with Crippen molar-refractivity contribution in [1.82, 2.24) is 0 Å². The number of rotatable bonds is 5. The first-order valence-electron chi connectivity index (χ1n) is 6.07. The van der Waals surface area contributed by atoms with Gasteiger partial charge in [0, 0.05) is 12.1 Å². The minimum absolute atomic E-state index is 0.246. The van der Waals surface area contributed by atoms with Crippen molar-refractivity contribution >= 4 is 11.6 Å². The van der Waals surface area contributed by atoms with Crippen molar-refractivity contribution < 1.29 is 13.9 Å². The van der Waals surface area contributed by atoms with Gasteiger partial charge in [0.2, 0.25) is 0 Å². The molecule has 3 nitrogen and oxygen atoms in total. The van der Waals surface area contributed by atoms with Gasteiger partial charge in [0.15, 0.2) is 0 Å². The Morgan fingerprint density at radius 2 is 1.95 bits per heavy atom. The van der Waals surface area contributed by atoms with Crippen molar-refractivity contribution in [3.63, 3.8) is 0 Å². The molecule has 0 heterocycles. The van der Waals surface area contributed by atoms with E-state index < -0.39 is 5.82 Å². The average Bonchev–Trinajstić information content (AvgIpc) is 2.46. The van der Waals surface area contributed by atoms with E-state index in [2.05, 4.69) is 0 Å². The molecule has 0 radical (unpaired) electrons. The maximum absolute atomic E-state index is 12.9. The summed E-state index contributed by atoms with van der Waals surface area (Å²) in [5, 5.41) is 0.246. The van der Waals surface area contributed by atoms with Crippen LogP contribution in [0.15, 0.2) is 36.4 Å². The molecule has 0 fully saturated rings. The summed E-state index contributed by atoms with van der Waals surface area (Å²) in [5.41, 5.74) is 7.45. The molecule has 20 heavy (non-hydrogen) atoms. The number of halogens is 2. The van der Waals surface area contributed by atoms with Crippen LogP contribution in [0, 0.1) is 5.82 Å². The normalized spacial score (nSPS) is 10.4. The molecule has 0 saturated heterocycles. The summed E-state index contributed by atoms with van der Waals surface area (Å²) in [6.45, 7) is 0.723. The number of nitrogens with two attached hydrogens (primary N) is 1. The minimum atomic E-state index is -0.392. The van der Waals surface area contributed by atoms with E-state index in [0.29, 0.717) is 18.9 Å². The van der Waals surface area contributed by atoms with Crippen LogP contribution in [0.2, 0.25) is 5.02 Å². The topological polar surface area (TPSA) is 44.5 Å². The number of hydrogen-bond acceptors (Lipinski definition) is 3.